The van der Waals surface area contributed by atoms with E-state index in [4.69, 9.17) is 5.73 Å². The first-order chi connectivity index (χ1) is 9.70. The maximum Gasteiger partial charge on any atom is 0.241 e. The molecular formula is C16H18N2O2. The average molecular weight is 270 g/mol. The lowest BCUT2D eigenvalue weighted by atomic mass is 10.1. The largest absolute Gasteiger partial charge is 0.392 e. The molecule has 0 spiro atoms. The summed E-state index contributed by atoms with van der Waals surface area (Å²) in [7, 11) is 0. The lowest BCUT2D eigenvalue weighted by molar-refractivity contribution is -0.117. The number of hydrogen-bond acceptors (Lipinski definition) is 3. The first-order valence-corrected chi connectivity index (χ1v) is 6.50. The molecule has 0 saturated heterocycles. The molecule has 0 heterocycles. The predicted octanol–water partition coefficient (Wildman–Crippen LogP) is 1.69. The SMILES string of the molecule is N[C@H](Cc1ccccc1)C(=O)Nc1ccccc1CO. The number of amides is 1. The second-order valence-electron chi connectivity index (χ2n) is 4.60. The Labute approximate surface area is 118 Å². The van der Waals surface area contributed by atoms with Crippen molar-refractivity contribution in [2.24, 2.45) is 5.73 Å². The van der Waals surface area contributed by atoms with Crippen molar-refractivity contribution < 1.29 is 9.90 Å². The van der Waals surface area contributed by atoms with Crippen LogP contribution in [0.2, 0.25) is 0 Å². The van der Waals surface area contributed by atoms with Gasteiger partial charge in [-0.1, -0.05) is 48.5 Å². The Morgan fingerprint density at radius 3 is 2.45 bits per heavy atom. The Kier molecular flexibility index (Phi) is 4.87. The molecule has 0 bridgehead atoms. The minimum absolute atomic E-state index is 0.121. The Bertz CT molecular complexity index is 570. The molecule has 2 aromatic carbocycles. The number of nitrogens with one attached hydrogen (secondary N) is 1. The minimum atomic E-state index is -0.621. The Morgan fingerprint density at radius 1 is 1.10 bits per heavy atom. The number of anilines is 1. The highest BCUT2D eigenvalue weighted by atomic mass is 16.3. The molecule has 1 amide bonds. The van der Waals surface area contributed by atoms with Crippen molar-refractivity contribution in [1.29, 1.82) is 0 Å². The van der Waals surface area contributed by atoms with Gasteiger partial charge in [0.1, 0.15) is 0 Å². The molecule has 2 rings (SSSR count). The third-order valence-electron chi connectivity index (χ3n) is 3.08. The highest BCUT2D eigenvalue weighted by Crippen LogP contribution is 2.15. The smallest absolute Gasteiger partial charge is 0.241 e. The van der Waals surface area contributed by atoms with Crippen molar-refractivity contribution in [3.8, 4) is 0 Å². The van der Waals surface area contributed by atoms with Crippen LogP contribution in [-0.2, 0) is 17.8 Å². The predicted molar refractivity (Wildman–Crippen MR) is 79.1 cm³/mol. The summed E-state index contributed by atoms with van der Waals surface area (Å²) in [5, 5.41) is 12.0. The van der Waals surface area contributed by atoms with Crippen molar-refractivity contribution in [2.45, 2.75) is 19.1 Å². The zero-order valence-electron chi connectivity index (χ0n) is 11.1. The summed E-state index contributed by atoms with van der Waals surface area (Å²) in [5.41, 5.74) is 8.21. The number of para-hydroxylation sites is 1. The fraction of sp³-hybridized carbons (Fsp3) is 0.188. The highest BCUT2D eigenvalue weighted by molar-refractivity contribution is 5.95. The molecule has 4 nitrogen and oxygen atoms in total. The summed E-state index contributed by atoms with van der Waals surface area (Å²) in [5.74, 6) is -0.255. The van der Waals surface area contributed by atoms with Crippen LogP contribution in [0, 0.1) is 0 Å². The topological polar surface area (TPSA) is 75.4 Å². The number of carbonyl (C=O) groups excluding carboxylic acids is 1. The van der Waals surface area contributed by atoms with Gasteiger partial charge in [-0.2, -0.15) is 0 Å². The van der Waals surface area contributed by atoms with Crippen molar-refractivity contribution in [3.05, 3.63) is 65.7 Å². The van der Waals surface area contributed by atoms with Gasteiger partial charge in [-0.05, 0) is 18.1 Å². The maximum absolute atomic E-state index is 12.1. The fourth-order valence-corrected chi connectivity index (χ4v) is 1.97. The van der Waals surface area contributed by atoms with Gasteiger partial charge >= 0.3 is 0 Å². The zero-order chi connectivity index (χ0) is 14.4. The summed E-state index contributed by atoms with van der Waals surface area (Å²) in [4.78, 5) is 12.1. The summed E-state index contributed by atoms with van der Waals surface area (Å²) in [6.07, 6.45) is 0.480. The normalized spacial score (nSPS) is 11.9. The highest BCUT2D eigenvalue weighted by Gasteiger charge is 2.15. The molecule has 0 unspecified atom stereocenters. The molecular weight excluding hydrogens is 252 g/mol. The van der Waals surface area contributed by atoms with Gasteiger partial charge < -0.3 is 16.2 Å². The van der Waals surface area contributed by atoms with Crippen LogP contribution in [-0.4, -0.2) is 17.1 Å². The van der Waals surface area contributed by atoms with Crippen molar-refractivity contribution >= 4 is 11.6 Å². The minimum Gasteiger partial charge on any atom is -0.392 e. The standard InChI is InChI=1S/C16H18N2O2/c17-14(10-12-6-2-1-3-7-12)16(20)18-15-9-5-4-8-13(15)11-19/h1-9,14,19H,10-11,17H2,(H,18,20)/t14-/m1/s1. The third kappa shape index (κ3) is 3.66. The van der Waals surface area contributed by atoms with Crippen LogP contribution in [0.4, 0.5) is 5.69 Å². The molecule has 0 aromatic heterocycles. The van der Waals surface area contributed by atoms with E-state index >= 15 is 0 Å². The Morgan fingerprint density at radius 2 is 1.75 bits per heavy atom. The molecule has 0 aliphatic rings. The number of hydrogen-bond donors (Lipinski definition) is 3. The number of carbonyl (C=O) groups is 1. The van der Waals surface area contributed by atoms with Crippen molar-refractivity contribution in [2.75, 3.05) is 5.32 Å². The Hall–Kier alpha value is -2.17. The van der Waals surface area contributed by atoms with E-state index in [9.17, 15) is 9.90 Å². The second kappa shape index (κ2) is 6.84. The van der Waals surface area contributed by atoms with E-state index in [1.807, 2.05) is 36.4 Å². The molecule has 4 N–H and O–H groups in total. The van der Waals surface area contributed by atoms with Crippen LogP contribution in [0.15, 0.2) is 54.6 Å². The average Bonchev–Trinajstić information content (AvgIpc) is 2.48. The summed E-state index contributed by atoms with van der Waals surface area (Å²) in [6, 6.07) is 16.1. The molecule has 1 atom stereocenters. The summed E-state index contributed by atoms with van der Waals surface area (Å²) in [6.45, 7) is -0.121. The molecule has 0 radical (unpaired) electrons. The second-order valence-corrected chi connectivity index (χ2v) is 4.60. The van der Waals surface area contributed by atoms with Crippen molar-refractivity contribution in [1.82, 2.24) is 0 Å². The van der Waals surface area contributed by atoms with Gasteiger partial charge in [-0.25, -0.2) is 0 Å². The summed E-state index contributed by atoms with van der Waals surface area (Å²) >= 11 is 0. The molecule has 20 heavy (non-hydrogen) atoms. The molecule has 104 valence electrons. The molecule has 0 saturated carbocycles. The van der Waals surface area contributed by atoms with E-state index in [0.29, 0.717) is 17.7 Å². The molecule has 0 aliphatic carbocycles. The van der Waals surface area contributed by atoms with E-state index in [-0.39, 0.29) is 12.5 Å². The van der Waals surface area contributed by atoms with Gasteiger partial charge in [-0.15, -0.1) is 0 Å². The molecule has 0 fully saturated rings. The monoisotopic (exact) mass is 270 g/mol. The first-order valence-electron chi connectivity index (χ1n) is 6.50. The first kappa shape index (κ1) is 14.2. The van der Waals surface area contributed by atoms with Gasteiger partial charge in [-0.3, -0.25) is 4.79 Å². The van der Waals surface area contributed by atoms with Gasteiger partial charge in [0.2, 0.25) is 5.91 Å². The lowest BCUT2D eigenvalue weighted by Gasteiger charge is -2.14. The van der Waals surface area contributed by atoms with E-state index in [1.54, 1.807) is 18.2 Å². The van der Waals surface area contributed by atoms with E-state index < -0.39 is 6.04 Å². The van der Waals surface area contributed by atoms with Gasteiger partial charge in [0.15, 0.2) is 0 Å². The van der Waals surface area contributed by atoms with Crippen molar-refractivity contribution in [3.63, 3.8) is 0 Å². The number of benzene rings is 2. The van der Waals surface area contributed by atoms with E-state index in [0.717, 1.165) is 5.56 Å². The quantitative estimate of drug-likeness (QED) is 0.774. The van der Waals surface area contributed by atoms with Crippen LogP contribution in [0.5, 0.6) is 0 Å². The fourth-order valence-electron chi connectivity index (χ4n) is 1.97. The molecule has 4 heteroatoms. The Balaban J connectivity index is 2.01. The van der Waals surface area contributed by atoms with Crippen LogP contribution in [0.3, 0.4) is 0 Å². The number of aliphatic hydroxyl groups excluding tert-OH is 1. The van der Waals surface area contributed by atoms with Crippen LogP contribution in [0.1, 0.15) is 11.1 Å². The van der Waals surface area contributed by atoms with Gasteiger partial charge in [0, 0.05) is 11.3 Å². The van der Waals surface area contributed by atoms with E-state index in [2.05, 4.69) is 5.32 Å². The van der Waals surface area contributed by atoms with E-state index in [1.165, 1.54) is 0 Å². The lowest BCUT2D eigenvalue weighted by Crippen LogP contribution is -2.37. The van der Waals surface area contributed by atoms with Crippen LogP contribution >= 0.6 is 0 Å². The maximum atomic E-state index is 12.1. The molecule has 0 aliphatic heterocycles. The number of rotatable bonds is 5. The van der Waals surface area contributed by atoms with Gasteiger partial charge in [0.25, 0.3) is 0 Å². The summed E-state index contributed by atoms with van der Waals surface area (Å²) < 4.78 is 0. The third-order valence-corrected chi connectivity index (χ3v) is 3.08. The number of aliphatic hydroxyl groups is 1. The van der Waals surface area contributed by atoms with Crippen LogP contribution < -0.4 is 11.1 Å². The van der Waals surface area contributed by atoms with Gasteiger partial charge in [0.05, 0.1) is 12.6 Å². The van der Waals surface area contributed by atoms with Crippen LogP contribution in [0.25, 0.3) is 0 Å². The zero-order valence-corrected chi connectivity index (χ0v) is 11.1. The molecule has 2 aromatic rings. The number of nitrogens with two attached hydrogens (primary N) is 1.